The molecule has 1 aromatic carbocycles. The van der Waals surface area contributed by atoms with E-state index in [0.29, 0.717) is 12.3 Å². The maximum Gasteiger partial charge on any atom is 0.129 e. The van der Waals surface area contributed by atoms with Crippen molar-refractivity contribution in [3.05, 3.63) is 46.3 Å². The second-order valence-electron chi connectivity index (χ2n) is 3.76. The van der Waals surface area contributed by atoms with Gasteiger partial charge in [-0.3, -0.25) is 0 Å². The van der Waals surface area contributed by atoms with Gasteiger partial charge in [0.05, 0.1) is 13.7 Å². The van der Waals surface area contributed by atoms with Crippen molar-refractivity contribution in [2.24, 2.45) is 0 Å². The topological polar surface area (TPSA) is 54.6 Å². The van der Waals surface area contributed by atoms with Crippen LogP contribution in [0.4, 0.5) is 5.69 Å². The highest BCUT2D eigenvalue weighted by Gasteiger charge is 2.03. The third-order valence-corrected chi connectivity index (χ3v) is 2.90. The van der Waals surface area contributed by atoms with Crippen molar-refractivity contribution in [2.75, 3.05) is 12.4 Å². The molecule has 4 nitrogen and oxygen atoms in total. The van der Waals surface area contributed by atoms with Crippen LogP contribution in [-0.2, 0) is 13.2 Å². The number of hydrogen-bond acceptors (Lipinski definition) is 4. The second-order valence-corrected chi connectivity index (χ2v) is 4.68. The molecule has 0 saturated heterocycles. The van der Waals surface area contributed by atoms with Gasteiger partial charge in [-0.25, -0.2) is 0 Å². The summed E-state index contributed by atoms with van der Waals surface area (Å²) in [5, 5.41) is 12.1. The molecule has 2 rings (SSSR count). The summed E-state index contributed by atoms with van der Waals surface area (Å²) in [6.07, 6.45) is 0. The SMILES string of the molecule is COc1cc(Br)cc(NCc2ccc(CO)o2)c1. The van der Waals surface area contributed by atoms with Gasteiger partial charge < -0.3 is 19.6 Å². The largest absolute Gasteiger partial charge is 0.497 e. The van der Waals surface area contributed by atoms with Gasteiger partial charge in [-0.05, 0) is 24.3 Å². The lowest BCUT2D eigenvalue weighted by molar-refractivity contribution is 0.244. The molecule has 0 aliphatic carbocycles. The van der Waals surface area contributed by atoms with Crippen LogP contribution in [0.25, 0.3) is 0 Å². The number of benzene rings is 1. The first-order chi connectivity index (χ1) is 8.71. The van der Waals surface area contributed by atoms with E-state index in [-0.39, 0.29) is 6.61 Å². The average Bonchev–Trinajstić information content (AvgIpc) is 2.83. The van der Waals surface area contributed by atoms with Gasteiger partial charge >= 0.3 is 0 Å². The smallest absolute Gasteiger partial charge is 0.129 e. The molecule has 0 spiro atoms. The Morgan fingerprint density at radius 1 is 1.28 bits per heavy atom. The van der Waals surface area contributed by atoms with E-state index in [2.05, 4.69) is 21.2 Å². The summed E-state index contributed by atoms with van der Waals surface area (Å²) in [5.41, 5.74) is 0.933. The van der Waals surface area contributed by atoms with Gasteiger partial charge in [0.15, 0.2) is 0 Å². The molecule has 0 aliphatic rings. The number of aliphatic hydroxyl groups excluding tert-OH is 1. The molecule has 0 saturated carbocycles. The van der Waals surface area contributed by atoms with Crippen LogP contribution in [0.3, 0.4) is 0 Å². The van der Waals surface area contributed by atoms with Crippen molar-refractivity contribution in [1.29, 1.82) is 0 Å². The maximum absolute atomic E-state index is 8.90. The van der Waals surface area contributed by atoms with Crippen LogP contribution in [-0.4, -0.2) is 12.2 Å². The summed E-state index contributed by atoms with van der Waals surface area (Å²) >= 11 is 3.42. The number of ether oxygens (including phenoxy) is 1. The van der Waals surface area contributed by atoms with Gasteiger partial charge in [-0.1, -0.05) is 15.9 Å². The lowest BCUT2D eigenvalue weighted by Crippen LogP contribution is -1.98. The Hall–Kier alpha value is -1.46. The molecule has 0 fully saturated rings. The van der Waals surface area contributed by atoms with Crippen molar-refractivity contribution >= 4 is 21.6 Å². The van der Waals surface area contributed by atoms with Crippen LogP contribution < -0.4 is 10.1 Å². The highest BCUT2D eigenvalue weighted by Crippen LogP contribution is 2.25. The summed E-state index contributed by atoms with van der Waals surface area (Å²) in [6.45, 7) is 0.477. The van der Waals surface area contributed by atoms with Crippen LogP contribution in [0.1, 0.15) is 11.5 Å². The maximum atomic E-state index is 8.90. The molecule has 0 bridgehead atoms. The lowest BCUT2D eigenvalue weighted by Gasteiger charge is -2.07. The Bertz CT molecular complexity index is 525. The Kier molecular flexibility index (Phi) is 4.28. The molecule has 0 aliphatic heterocycles. The Morgan fingerprint density at radius 2 is 2.06 bits per heavy atom. The van der Waals surface area contributed by atoms with Gasteiger partial charge in [-0.15, -0.1) is 0 Å². The highest BCUT2D eigenvalue weighted by molar-refractivity contribution is 9.10. The van der Waals surface area contributed by atoms with Gasteiger partial charge in [-0.2, -0.15) is 0 Å². The van der Waals surface area contributed by atoms with E-state index in [0.717, 1.165) is 21.7 Å². The van der Waals surface area contributed by atoms with Crippen LogP contribution in [0, 0.1) is 0 Å². The van der Waals surface area contributed by atoms with Crippen LogP contribution in [0.5, 0.6) is 5.75 Å². The summed E-state index contributed by atoms with van der Waals surface area (Å²) < 4.78 is 11.5. The van der Waals surface area contributed by atoms with E-state index < -0.39 is 0 Å². The minimum Gasteiger partial charge on any atom is -0.497 e. The third kappa shape index (κ3) is 3.27. The molecular formula is C13H14BrNO3. The van der Waals surface area contributed by atoms with Crippen molar-refractivity contribution in [3.63, 3.8) is 0 Å². The average molecular weight is 312 g/mol. The van der Waals surface area contributed by atoms with Crippen molar-refractivity contribution in [2.45, 2.75) is 13.2 Å². The normalized spacial score (nSPS) is 10.4. The highest BCUT2D eigenvalue weighted by atomic mass is 79.9. The van der Waals surface area contributed by atoms with Crippen molar-refractivity contribution in [3.8, 4) is 5.75 Å². The fourth-order valence-corrected chi connectivity index (χ4v) is 2.05. The van der Waals surface area contributed by atoms with Gasteiger partial charge in [0.1, 0.15) is 23.9 Å². The lowest BCUT2D eigenvalue weighted by atomic mass is 10.3. The first kappa shape index (κ1) is 13.0. The first-order valence-electron chi connectivity index (χ1n) is 5.48. The van der Waals surface area contributed by atoms with Crippen LogP contribution >= 0.6 is 15.9 Å². The minimum absolute atomic E-state index is 0.0787. The molecule has 2 aromatic rings. The summed E-state index contributed by atoms with van der Waals surface area (Å²) in [6, 6.07) is 9.35. The Balaban J connectivity index is 2.03. The monoisotopic (exact) mass is 311 g/mol. The van der Waals surface area contributed by atoms with Crippen molar-refractivity contribution in [1.82, 2.24) is 0 Å². The molecule has 18 heavy (non-hydrogen) atoms. The Labute approximate surface area is 114 Å². The van der Waals surface area contributed by atoms with Gasteiger partial charge in [0.2, 0.25) is 0 Å². The zero-order valence-electron chi connectivity index (χ0n) is 9.94. The number of methoxy groups -OCH3 is 1. The predicted molar refractivity (Wildman–Crippen MR) is 72.7 cm³/mol. The molecule has 0 atom stereocenters. The minimum atomic E-state index is -0.0787. The van der Waals surface area contributed by atoms with E-state index in [9.17, 15) is 0 Å². The number of aliphatic hydroxyl groups is 1. The van der Waals surface area contributed by atoms with Gasteiger partial charge in [0.25, 0.3) is 0 Å². The van der Waals surface area contributed by atoms with E-state index in [1.165, 1.54) is 0 Å². The van der Waals surface area contributed by atoms with Crippen LogP contribution in [0.15, 0.2) is 39.2 Å². The molecule has 96 valence electrons. The van der Waals surface area contributed by atoms with Crippen LogP contribution in [0.2, 0.25) is 0 Å². The summed E-state index contributed by atoms with van der Waals surface area (Å²) in [4.78, 5) is 0. The molecule has 5 heteroatoms. The zero-order valence-corrected chi connectivity index (χ0v) is 11.5. The molecule has 2 N–H and O–H groups in total. The fourth-order valence-electron chi connectivity index (χ4n) is 1.57. The molecule has 0 unspecified atom stereocenters. The number of nitrogens with one attached hydrogen (secondary N) is 1. The molecule has 0 radical (unpaired) electrons. The number of hydrogen-bond donors (Lipinski definition) is 2. The fraction of sp³-hybridized carbons (Fsp3) is 0.231. The number of rotatable bonds is 5. The zero-order chi connectivity index (χ0) is 13.0. The number of halogens is 1. The predicted octanol–water partition coefficient (Wildman–Crippen LogP) is 3.16. The van der Waals surface area contributed by atoms with Gasteiger partial charge in [0, 0.05) is 16.2 Å². The first-order valence-corrected chi connectivity index (χ1v) is 6.27. The quantitative estimate of drug-likeness (QED) is 0.890. The third-order valence-electron chi connectivity index (χ3n) is 2.45. The number of anilines is 1. The second kappa shape index (κ2) is 5.93. The van der Waals surface area contributed by atoms with E-state index in [4.69, 9.17) is 14.3 Å². The van der Waals surface area contributed by atoms with E-state index >= 15 is 0 Å². The summed E-state index contributed by atoms with van der Waals surface area (Å²) in [7, 11) is 1.63. The van der Waals surface area contributed by atoms with E-state index in [1.807, 2.05) is 24.3 Å². The molecule has 1 aromatic heterocycles. The summed E-state index contributed by atoms with van der Waals surface area (Å²) in [5.74, 6) is 2.12. The molecule has 0 amide bonds. The molecule has 1 heterocycles. The standard InChI is InChI=1S/C13H14BrNO3/c1-17-13-5-9(14)4-10(6-13)15-7-11-2-3-12(8-16)18-11/h2-6,15-16H,7-8H2,1H3. The van der Waals surface area contributed by atoms with Crippen molar-refractivity contribution < 1.29 is 14.3 Å². The Morgan fingerprint density at radius 3 is 2.72 bits per heavy atom. The van der Waals surface area contributed by atoms with E-state index in [1.54, 1.807) is 13.2 Å². The number of furan rings is 1. The molecular weight excluding hydrogens is 298 g/mol.